The Labute approximate surface area is 143 Å². The summed E-state index contributed by atoms with van der Waals surface area (Å²) in [6.45, 7) is 5.64. The molecule has 0 spiro atoms. The number of thiocarbonyl (C=S) groups is 1. The van der Waals surface area contributed by atoms with E-state index in [1.165, 1.54) is 5.56 Å². The molecule has 23 heavy (non-hydrogen) atoms. The van der Waals surface area contributed by atoms with E-state index in [1.54, 1.807) is 7.11 Å². The van der Waals surface area contributed by atoms with Gasteiger partial charge in [-0.25, -0.2) is 0 Å². The van der Waals surface area contributed by atoms with E-state index in [4.69, 9.17) is 17.0 Å². The predicted octanol–water partition coefficient (Wildman–Crippen LogP) is 3.41. The summed E-state index contributed by atoms with van der Waals surface area (Å²) in [6.07, 6.45) is 0. The number of aryl methyl sites for hydroxylation is 1. The summed E-state index contributed by atoms with van der Waals surface area (Å²) in [7, 11) is 1.66. The standard InChI is InChI=1S/C18H23N3OS/c1-4-21(16-9-5-14(2)6-10-16)20-18(23)19-13-15-7-11-17(22-3)12-8-15/h5-12H,4,13H2,1-3H3,(H2,19,20,23). The van der Waals surface area contributed by atoms with E-state index in [-0.39, 0.29) is 0 Å². The van der Waals surface area contributed by atoms with E-state index < -0.39 is 0 Å². The molecule has 0 bridgehead atoms. The molecule has 122 valence electrons. The molecule has 0 amide bonds. The van der Waals surface area contributed by atoms with Crippen LogP contribution in [-0.2, 0) is 6.54 Å². The molecular formula is C18H23N3OS. The quantitative estimate of drug-likeness (QED) is 0.627. The lowest BCUT2D eigenvalue weighted by Gasteiger charge is -2.25. The van der Waals surface area contributed by atoms with Crippen LogP contribution >= 0.6 is 12.2 Å². The molecule has 2 aromatic rings. The van der Waals surface area contributed by atoms with Crippen LogP contribution in [0.15, 0.2) is 48.5 Å². The largest absolute Gasteiger partial charge is 0.497 e. The fourth-order valence-corrected chi connectivity index (χ4v) is 2.32. The van der Waals surface area contributed by atoms with Crippen LogP contribution in [0.4, 0.5) is 5.69 Å². The molecule has 0 aromatic heterocycles. The molecule has 0 heterocycles. The zero-order chi connectivity index (χ0) is 16.7. The first-order chi connectivity index (χ1) is 11.1. The van der Waals surface area contributed by atoms with Gasteiger partial charge in [-0.2, -0.15) is 0 Å². The average Bonchev–Trinajstić information content (AvgIpc) is 2.59. The smallest absolute Gasteiger partial charge is 0.185 e. The summed E-state index contributed by atoms with van der Waals surface area (Å²) in [5.41, 5.74) is 6.70. The number of benzene rings is 2. The van der Waals surface area contributed by atoms with Crippen molar-refractivity contribution in [3.8, 4) is 5.75 Å². The van der Waals surface area contributed by atoms with Crippen molar-refractivity contribution in [3.63, 3.8) is 0 Å². The summed E-state index contributed by atoms with van der Waals surface area (Å²) >= 11 is 5.38. The van der Waals surface area contributed by atoms with Crippen LogP contribution in [0.3, 0.4) is 0 Å². The number of hydrogen-bond donors (Lipinski definition) is 2. The normalized spacial score (nSPS) is 10.0. The maximum absolute atomic E-state index is 5.38. The van der Waals surface area contributed by atoms with Gasteiger partial charge in [-0.15, -0.1) is 0 Å². The second kappa shape index (κ2) is 8.39. The zero-order valence-electron chi connectivity index (χ0n) is 13.8. The Hall–Kier alpha value is -2.27. The van der Waals surface area contributed by atoms with Crippen LogP contribution in [0.1, 0.15) is 18.1 Å². The first-order valence-corrected chi connectivity index (χ1v) is 8.05. The Balaban J connectivity index is 1.88. The number of ether oxygens (including phenoxy) is 1. The van der Waals surface area contributed by atoms with Crippen LogP contribution < -0.4 is 20.5 Å². The highest BCUT2D eigenvalue weighted by molar-refractivity contribution is 7.80. The van der Waals surface area contributed by atoms with Crippen LogP contribution in [0.25, 0.3) is 0 Å². The van der Waals surface area contributed by atoms with Crippen molar-refractivity contribution in [1.82, 2.24) is 10.7 Å². The van der Waals surface area contributed by atoms with Gasteiger partial charge in [0.2, 0.25) is 0 Å². The summed E-state index contributed by atoms with van der Waals surface area (Å²) in [5, 5.41) is 5.84. The van der Waals surface area contributed by atoms with Crippen molar-refractivity contribution >= 4 is 23.0 Å². The van der Waals surface area contributed by atoms with Crippen molar-refractivity contribution in [2.75, 3.05) is 18.7 Å². The number of methoxy groups -OCH3 is 1. The number of hydrazine groups is 1. The Morgan fingerprint density at radius 1 is 1.09 bits per heavy atom. The van der Waals surface area contributed by atoms with Crippen molar-refractivity contribution in [3.05, 3.63) is 59.7 Å². The van der Waals surface area contributed by atoms with Gasteiger partial charge in [0.25, 0.3) is 0 Å². The summed E-state index contributed by atoms with van der Waals surface area (Å²) in [6, 6.07) is 16.3. The molecule has 0 unspecified atom stereocenters. The third-order valence-electron chi connectivity index (χ3n) is 3.51. The molecule has 0 aliphatic heterocycles. The molecule has 4 nitrogen and oxygen atoms in total. The van der Waals surface area contributed by atoms with Gasteiger partial charge >= 0.3 is 0 Å². The molecule has 0 saturated carbocycles. The lowest BCUT2D eigenvalue weighted by molar-refractivity contribution is 0.414. The number of rotatable bonds is 6. The minimum atomic E-state index is 0.600. The van der Waals surface area contributed by atoms with Crippen LogP contribution in [0.5, 0.6) is 5.75 Å². The van der Waals surface area contributed by atoms with Crippen LogP contribution in [0.2, 0.25) is 0 Å². The molecule has 0 aliphatic rings. The van der Waals surface area contributed by atoms with Crippen LogP contribution in [0, 0.1) is 6.92 Å². The van der Waals surface area contributed by atoms with Crippen LogP contribution in [-0.4, -0.2) is 18.8 Å². The van der Waals surface area contributed by atoms with Crippen molar-refractivity contribution < 1.29 is 4.74 Å². The lowest BCUT2D eigenvalue weighted by atomic mass is 10.2. The van der Waals surface area contributed by atoms with Crippen molar-refractivity contribution in [2.45, 2.75) is 20.4 Å². The molecule has 2 N–H and O–H groups in total. The van der Waals surface area contributed by atoms with Gasteiger partial charge in [-0.1, -0.05) is 29.8 Å². The molecule has 2 aromatic carbocycles. The molecule has 5 heteroatoms. The number of nitrogens with zero attached hydrogens (tertiary/aromatic N) is 1. The zero-order valence-corrected chi connectivity index (χ0v) is 14.6. The summed E-state index contributed by atoms with van der Waals surface area (Å²) in [4.78, 5) is 0. The predicted molar refractivity (Wildman–Crippen MR) is 99.8 cm³/mol. The fraction of sp³-hybridized carbons (Fsp3) is 0.278. The minimum absolute atomic E-state index is 0.600. The van der Waals surface area contributed by atoms with Gasteiger partial charge in [-0.05, 0) is 55.9 Å². The maximum atomic E-state index is 5.38. The fourth-order valence-electron chi connectivity index (χ4n) is 2.14. The molecule has 0 atom stereocenters. The summed E-state index contributed by atoms with van der Waals surface area (Å²) in [5.74, 6) is 0.853. The molecule has 0 fully saturated rings. The average molecular weight is 329 g/mol. The third-order valence-corrected chi connectivity index (χ3v) is 3.75. The molecule has 0 radical (unpaired) electrons. The van der Waals surface area contributed by atoms with E-state index in [9.17, 15) is 0 Å². The first-order valence-electron chi connectivity index (χ1n) is 7.64. The third kappa shape index (κ3) is 5.14. The highest BCUT2D eigenvalue weighted by Crippen LogP contribution is 2.13. The van der Waals surface area contributed by atoms with Gasteiger partial charge in [0.1, 0.15) is 5.75 Å². The minimum Gasteiger partial charge on any atom is -0.497 e. The molecule has 2 rings (SSSR count). The van der Waals surface area contributed by atoms with E-state index in [2.05, 4.69) is 48.9 Å². The van der Waals surface area contributed by atoms with Crippen molar-refractivity contribution in [1.29, 1.82) is 0 Å². The first kappa shape index (κ1) is 17.1. The van der Waals surface area contributed by atoms with E-state index in [1.807, 2.05) is 29.3 Å². The van der Waals surface area contributed by atoms with E-state index >= 15 is 0 Å². The number of anilines is 1. The monoisotopic (exact) mass is 329 g/mol. The van der Waals surface area contributed by atoms with Gasteiger partial charge < -0.3 is 10.1 Å². The SMILES string of the molecule is CCN(NC(=S)NCc1ccc(OC)cc1)c1ccc(C)cc1. The topological polar surface area (TPSA) is 36.5 Å². The molecule has 0 aliphatic carbocycles. The second-order valence-corrected chi connectivity index (χ2v) is 5.63. The van der Waals surface area contributed by atoms with E-state index in [0.717, 1.165) is 23.5 Å². The lowest BCUT2D eigenvalue weighted by Crippen LogP contribution is -2.47. The van der Waals surface area contributed by atoms with Crippen molar-refractivity contribution in [2.24, 2.45) is 0 Å². The second-order valence-electron chi connectivity index (χ2n) is 5.22. The summed E-state index contributed by atoms with van der Waals surface area (Å²) < 4.78 is 5.15. The Morgan fingerprint density at radius 3 is 2.30 bits per heavy atom. The van der Waals surface area contributed by atoms with Gasteiger partial charge in [0, 0.05) is 13.1 Å². The number of nitrogens with one attached hydrogen (secondary N) is 2. The Bertz CT molecular complexity index is 626. The van der Waals surface area contributed by atoms with Gasteiger partial charge in [0.05, 0.1) is 12.8 Å². The number of hydrogen-bond acceptors (Lipinski definition) is 3. The maximum Gasteiger partial charge on any atom is 0.185 e. The van der Waals surface area contributed by atoms with Gasteiger partial charge in [-0.3, -0.25) is 10.4 Å². The highest BCUT2D eigenvalue weighted by atomic mass is 32.1. The van der Waals surface area contributed by atoms with Gasteiger partial charge in [0.15, 0.2) is 5.11 Å². The van der Waals surface area contributed by atoms with E-state index in [0.29, 0.717) is 11.7 Å². The molecule has 0 saturated heterocycles. The molecular weight excluding hydrogens is 306 g/mol. The Kier molecular flexibility index (Phi) is 6.23. The highest BCUT2D eigenvalue weighted by Gasteiger charge is 2.05. The Morgan fingerprint density at radius 2 is 1.74 bits per heavy atom.